The van der Waals surface area contributed by atoms with Gasteiger partial charge in [-0.3, -0.25) is 9.59 Å². The molecule has 0 saturated carbocycles. The molecule has 2 aliphatic rings. The lowest BCUT2D eigenvalue weighted by Gasteiger charge is -2.33. The highest BCUT2D eigenvalue weighted by molar-refractivity contribution is 5.99. The average Bonchev–Trinajstić information content (AvgIpc) is 2.97. The van der Waals surface area contributed by atoms with Crippen molar-refractivity contribution >= 4 is 23.5 Å². The van der Waals surface area contributed by atoms with Gasteiger partial charge in [-0.25, -0.2) is 4.79 Å². The Hall–Kier alpha value is -2.41. The van der Waals surface area contributed by atoms with Crippen LogP contribution in [0.15, 0.2) is 18.2 Å². The first-order valence-corrected chi connectivity index (χ1v) is 7.51. The number of carboxylic acids is 1. The van der Waals surface area contributed by atoms with Crippen molar-refractivity contribution in [3.05, 3.63) is 29.3 Å². The molecule has 0 radical (unpaired) electrons. The Bertz CT molecular complexity index is 672. The highest BCUT2D eigenvalue weighted by atomic mass is 16.5. The maximum Gasteiger partial charge on any atom is 0.328 e. The molecule has 0 aliphatic carbocycles. The smallest absolute Gasteiger partial charge is 0.328 e. The number of carbonyl (C=O) groups excluding carboxylic acids is 2. The monoisotopic (exact) mass is 318 g/mol. The Morgan fingerprint density at radius 3 is 2.74 bits per heavy atom. The number of benzene rings is 1. The fraction of sp³-hybridized carbons (Fsp3) is 0.438. The number of hydrogen-bond donors (Lipinski definition) is 1. The number of rotatable bonds is 2. The maximum atomic E-state index is 12.7. The van der Waals surface area contributed by atoms with Crippen LogP contribution in [0, 0.1) is 0 Å². The molecular formula is C16H18N2O5. The van der Waals surface area contributed by atoms with Gasteiger partial charge in [-0.05, 0) is 30.2 Å². The standard InChI is InChI=1S/C16H18N2O5/c1-10(19)17-5-4-11-8-12(2-3-13(11)17)15(20)18-6-7-23-9-14(18)16(21)22/h2-3,8,14H,4-7,9H2,1H3,(H,21,22)/t14-/m1/s1. The third-order valence-corrected chi connectivity index (χ3v) is 4.28. The van der Waals surface area contributed by atoms with Crippen molar-refractivity contribution in [1.82, 2.24) is 4.90 Å². The molecule has 1 atom stereocenters. The van der Waals surface area contributed by atoms with Gasteiger partial charge < -0.3 is 19.6 Å². The molecular weight excluding hydrogens is 300 g/mol. The van der Waals surface area contributed by atoms with Crippen LogP contribution in [0.3, 0.4) is 0 Å². The van der Waals surface area contributed by atoms with Crippen molar-refractivity contribution < 1.29 is 24.2 Å². The van der Waals surface area contributed by atoms with Crippen LogP contribution in [0.2, 0.25) is 0 Å². The molecule has 1 saturated heterocycles. The third kappa shape index (κ3) is 2.79. The zero-order valence-electron chi connectivity index (χ0n) is 12.8. The number of morpholine rings is 1. The van der Waals surface area contributed by atoms with E-state index in [1.807, 2.05) is 0 Å². The molecule has 1 N–H and O–H groups in total. The van der Waals surface area contributed by atoms with E-state index >= 15 is 0 Å². The summed E-state index contributed by atoms with van der Waals surface area (Å²) in [5.74, 6) is -1.41. The molecule has 122 valence electrons. The van der Waals surface area contributed by atoms with Crippen LogP contribution >= 0.6 is 0 Å². The lowest BCUT2D eigenvalue weighted by molar-refractivity contribution is -0.147. The van der Waals surface area contributed by atoms with E-state index in [-0.39, 0.29) is 25.0 Å². The Kier molecular flexibility index (Phi) is 4.04. The zero-order chi connectivity index (χ0) is 16.6. The van der Waals surface area contributed by atoms with Gasteiger partial charge in [0.2, 0.25) is 5.91 Å². The quantitative estimate of drug-likeness (QED) is 0.859. The van der Waals surface area contributed by atoms with Crippen LogP contribution in [0.25, 0.3) is 0 Å². The maximum absolute atomic E-state index is 12.7. The third-order valence-electron chi connectivity index (χ3n) is 4.28. The minimum Gasteiger partial charge on any atom is -0.480 e. The van der Waals surface area contributed by atoms with Gasteiger partial charge in [0.15, 0.2) is 6.04 Å². The molecule has 3 rings (SSSR count). The number of carboxylic acid groups (broad SMARTS) is 1. The fourth-order valence-electron chi connectivity index (χ4n) is 3.08. The first kappa shape index (κ1) is 15.5. The van der Waals surface area contributed by atoms with E-state index in [0.717, 1.165) is 11.3 Å². The Balaban J connectivity index is 1.86. The summed E-state index contributed by atoms with van der Waals surface area (Å²) in [5, 5.41) is 9.24. The molecule has 2 amide bonds. The molecule has 0 unspecified atom stereocenters. The number of carbonyl (C=O) groups is 3. The minimum atomic E-state index is -1.07. The molecule has 0 spiro atoms. The Morgan fingerprint density at radius 2 is 2.04 bits per heavy atom. The number of amides is 2. The van der Waals surface area contributed by atoms with Crippen molar-refractivity contribution in [3.8, 4) is 0 Å². The number of hydrogen-bond acceptors (Lipinski definition) is 4. The fourth-order valence-corrected chi connectivity index (χ4v) is 3.08. The summed E-state index contributed by atoms with van der Waals surface area (Å²) >= 11 is 0. The molecule has 7 heteroatoms. The summed E-state index contributed by atoms with van der Waals surface area (Å²) in [5.41, 5.74) is 2.21. The highest BCUT2D eigenvalue weighted by Crippen LogP contribution is 2.29. The molecule has 1 aromatic carbocycles. The summed E-state index contributed by atoms with van der Waals surface area (Å²) in [4.78, 5) is 38.5. The van der Waals surface area contributed by atoms with E-state index < -0.39 is 12.0 Å². The zero-order valence-corrected chi connectivity index (χ0v) is 12.8. The molecule has 23 heavy (non-hydrogen) atoms. The minimum absolute atomic E-state index is 0.00410. The van der Waals surface area contributed by atoms with Crippen LogP contribution < -0.4 is 4.90 Å². The normalized spacial score (nSPS) is 20.3. The van der Waals surface area contributed by atoms with Gasteiger partial charge in [-0.2, -0.15) is 0 Å². The first-order chi connectivity index (χ1) is 11.0. The van der Waals surface area contributed by atoms with Crippen LogP contribution in [0.1, 0.15) is 22.8 Å². The van der Waals surface area contributed by atoms with Crippen LogP contribution in [-0.2, 0) is 20.7 Å². The summed E-state index contributed by atoms with van der Waals surface area (Å²) < 4.78 is 5.16. The van der Waals surface area contributed by atoms with E-state index in [9.17, 15) is 19.5 Å². The molecule has 1 fully saturated rings. The summed E-state index contributed by atoms with van der Waals surface area (Å²) in [6.07, 6.45) is 0.696. The van der Waals surface area contributed by atoms with E-state index in [4.69, 9.17) is 4.74 Å². The Morgan fingerprint density at radius 1 is 1.26 bits per heavy atom. The van der Waals surface area contributed by atoms with Crippen molar-refractivity contribution in [2.24, 2.45) is 0 Å². The second-order valence-corrected chi connectivity index (χ2v) is 5.69. The van der Waals surface area contributed by atoms with Crippen molar-refractivity contribution in [1.29, 1.82) is 0 Å². The van der Waals surface area contributed by atoms with Crippen LogP contribution in [0.5, 0.6) is 0 Å². The van der Waals surface area contributed by atoms with E-state index in [2.05, 4.69) is 0 Å². The Labute approximate surface area is 133 Å². The second kappa shape index (κ2) is 6.00. The number of nitrogens with zero attached hydrogens (tertiary/aromatic N) is 2. The van der Waals surface area contributed by atoms with Gasteiger partial charge in [0.1, 0.15) is 0 Å². The molecule has 1 aromatic rings. The van der Waals surface area contributed by atoms with E-state index in [0.29, 0.717) is 25.1 Å². The summed E-state index contributed by atoms with van der Waals surface area (Å²) in [6.45, 7) is 2.71. The summed E-state index contributed by atoms with van der Waals surface area (Å²) in [6, 6.07) is 4.21. The number of aliphatic carboxylic acids is 1. The molecule has 7 nitrogen and oxygen atoms in total. The molecule has 0 bridgehead atoms. The second-order valence-electron chi connectivity index (χ2n) is 5.69. The predicted molar refractivity (Wildman–Crippen MR) is 81.5 cm³/mol. The van der Waals surface area contributed by atoms with E-state index in [1.54, 1.807) is 23.1 Å². The van der Waals surface area contributed by atoms with Crippen molar-refractivity contribution in [3.63, 3.8) is 0 Å². The topological polar surface area (TPSA) is 87.2 Å². The van der Waals surface area contributed by atoms with Crippen molar-refractivity contribution in [2.45, 2.75) is 19.4 Å². The van der Waals surface area contributed by atoms with Crippen molar-refractivity contribution in [2.75, 3.05) is 31.2 Å². The SMILES string of the molecule is CC(=O)N1CCc2cc(C(=O)N3CCOC[C@@H]3C(=O)O)ccc21. The number of ether oxygens (including phenoxy) is 1. The largest absolute Gasteiger partial charge is 0.480 e. The van der Waals surface area contributed by atoms with Gasteiger partial charge in [-0.1, -0.05) is 0 Å². The van der Waals surface area contributed by atoms with Gasteiger partial charge in [0.05, 0.1) is 13.2 Å². The van der Waals surface area contributed by atoms with Crippen LogP contribution in [-0.4, -0.2) is 60.1 Å². The van der Waals surface area contributed by atoms with Gasteiger partial charge in [0.25, 0.3) is 5.91 Å². The molecule has 2 heterocycles. The lowest BCUT2D eigenvalue weighted by atomic mass is 10.1. The summed E-state index contributed by atoms with van der Waals surface area (Å²) in [7, 11) is 0. The average molecular weight is 318 g/mol. The number of anilines is 1. The lowest BCUT2D eigenvalue weighted by Crippen LogP contribution is -2.52. The predicted octanol–water partition coefficient (Wildman–Crippen LogP) is 0.521. The van der Waals surface area contributed by atoms with E-state index in [1.165, 1.54) is 11.8 Å². The molecule has 2 aliphatic heterocycles. The van der Waals surface area contributed by atoms with Gasteiger partial charge in [-0.15, -0.1) is 0 Å². The van der Waals surface area contributed by atoms with Gasteiger partial charge in [0, 0.05) is 31.3 Å². The first-order valence-electron chi connectivity index (χ1n) is 7.51. The van der Waals surface area contributed by atoms with Crippen LogP contribution in [0.4, 0.5) is 5.69 Å². The highest BCUT2D eigenvalue weighted by Gasteiger charge is 2.34. The molecule has 0 aromatic heterocycles. The number of fused-ring (bicyclic) bond motifs is 1. The van der Waals surface area contributed by atoms with Gasteiger partial charge >= 0.3 is 5.97 Å².